The van der Waals surface area contributed by atoms with E-state index in [1.165, 1.54) is 0 Å². The smallest absolute Gasteiger partial charge is 0.408 e. The quantitative estimate of drug-likeness (QED) is 0.250. The van der Waals surface area contributed by atoms with E-state index in [1.807, 2.05) is 66.7 Å². The number of hydrogen-bond donors (Lipinski definition) is 2. The molecule has 0 saturated heterocycles. The van der Waals surface area contributed by atoms with Gasteiger partial charge in [0.25, 0.3) is 0 Å². The zero-order valence-corrected chi connectivity index (χ0v) is 25.3. The van der Waals surface area contributed by atoms with Crippen LogP contribution in [0.5, 0.6) is 0 Å². The summed E-state index contributed by atoms with van der Waals surface area (Å²) in [7, 11) is 0. The van der Waals surface area contributed by atoms with E-state index in [0.717, 1.165) is 27.9 Å². The Morgan fingerprint density at radius 2 is 1.65 bits per heavy atom. The molecule has 0 aromatic heterocycles. The molecule has 9 nitrogen and oxygen atoms in total. The van der Waals surface area contributed by atoms with E-state index in [4.69, 9.17) is 4.74 Å². The number of fused-ring (bicyclic) bond motifs is 1. The Kier molecular flexibility index (Phi) is 9.46. The average molecular weight is 583 g/mol. The summed E-state index contributed by atoms with van der Waals surface area (Å²) in [5.41, 5.74) is 3.41. The van der Waals surface area contributed by atoms with Gasteiger partial charge in [-0.05, 0) is 76.3 Å². The molecule has 4 rings (SSSR count). The van der Waals surface area contributed by atoms with Gasteiger partial charge in [0.05, 0.1) is 12.2 Å². The molecule has 1 aliphatic heterocycles. The number of hydrogen-bond acceptors (Lipinski definition) is 6. The van der Waals surface area contributed by atoms with E-state index in [9.17, 15) is 19.2 Å². The van der Waals surface area contributed by atoms with E-state index in [1.54, 1.807) is 51.7 Å². The summed E-state index contributed by atoms with van der Waals surface area (Å²) in [5.74, 6) is -0.544. The van der Waals surface area contributed by atoms with Gasteiger partial charge in [-0.3, -0.25) is 9.59 Å². The number of amides is 3. The zero-order valence-electron chi connectivity index (χ0n) is 25.3. The van der Waals surface area contributed by atoms with Crippen LogP contribution in [-0.4, -0.2) is 41.2 Å². The van der Waals surface area contributed by atoms with Crippen LogP contribution in [0.4, 0.5) is 16.2 Å². The van der Waals surface area contributed by atoms with Gasteiger partial charge in [0.15, 0.2) is 0 Å². The standard InChI is InChI=1S/C34H38N4O5/c1-33(2,3)43-32(42)37-34(4,5)20-30(40)36-28-19-18-25-10-6-9-13-29(25)38(31(28)41)21-23-14-16-24(17-15-23)26-11-7-8-12-27(26)35-22-39/h6-17,28H,18-21H2,1-5H3,(H,36,40)(H,37,42)/t28-/m1/s1. The number of ether oxygens (including phenoxy) is 1. The molecule has 0 spiro atoms. The lowest BCUT2D eigenvalue weighted by molar-refractivity contribution is -0.128. The molecule has 1 heterocycles. The number of aryl methyl sites for hydroxylation is 1. The summed E-state index contributed by atoms with van der Waals surface area (Å²) < 4.78 is 5.33. The molecule has 9 heteroatoms. The van der Waals surface area contributed by atoms with Crippen LogP contribution in [0.1, 0.15) is 58.6 Å². The second kappa shape index (κ2) is 13.0. The van der Waals surface area contributed by atoms with Crippen LogP contribution in [0, 0.1) is 0 Å². The minimum atomic E-state index is -0.889. The average Bonchev–Trinajstić information content (AvgIpc) is 3.05. The van der Waals surface area contributed by atoms with Crippen molar-refractivity contribution in [1.82, 2.24) is 10.6 Å². The van der Waals surface area contributed by atoms with E-state index >= 15 is 0 Å². The third-order valence-electron chi connectivity index (χ3n) is 7.00. The number of aliphatic imine (C=N–C) groups is 1. The van der Waals surface area contributed by atoms with Gasteiger partial charge in [-0.25, -0.2) is 9.59 Å². The van der Waals surface area contributed by atoms with Crippen molar-refractivity contribution in [3.05, 3.63) is 83.9 Å². The number of carbonyl (C=O) groups excluding carboxylic acids is 4. The van der Waals surface area contributed by atoms with Crippen LogP contribution >= 0.6 is 0 Å². The maximum atomic E-state index is 13.9. The highest BCUT2D eigenvalue weighted by Gasteiger charge is 2.33. The number of nitrogens with one attached hydrogen (secondary N) is 2. The number of anilines is 1. The first-order valence-corrected chi connectivity index (χ1v) is 14.3. The highest BCUT2D eigenvalue weighted by Crippen LogP contribution is 2.32. The summed E-state index contributed by atoms with van der Waals surface area (Å²) >= 11 is 0. The molecule has 3 amide bonds. The van der Waals surface area contributed by atoms with E-state index < -0.39 is 23.3 Å². The minimum Gasteiger partial charge on any atom is -0.444 e. The van der Waals surface area contributed by atoms with Crippen LogP contribution < -0.4 is 15.5 Å². The predicted octanol–water partition coefficient (Wildman–Crippen LogP) is 5.98. The SMILES string of the molecule is CC(C)(CC(=O)N[C@@H]1CCc2ccccc2N(Cc2ccc(-c3ccccc3N=C=O)cc2)C1=O)NC(=O)OC(C)(C)C. The Balaban J connectivity index is 1.50. The number of benzene rings is 3. The van der Waals surface area contributed by atoms with Gasteiger partial charge >= 0.3 is 6.09 Å². The van der Waals surface area contributed by atoms with Gasteiger partial charge in [-0.2, -0.15) is 4.99 Å². The van der Waals surface area contributed by atoms with Crippen LogP contribution in [0.2, 0.25) is 0 Å². The first-order chi connectivity index (χ1) is 20.3. The molecular formula is C34H38N4O5. The summed E-state index contributed by atoms with van der Waals surface area (Å²) in [4.78, 5) is 55.7. The Hall–Kier alpha value is -4.75. The van der Waals surface area contributed by atoms with Crippen LogP contribution in [0.25, 0.3) is 11.1 Å². The molecule has 43 heavy (non-hydrogen) atoms. The molecule has 0 saturated carbocycles. The molecule has 0 unspecified atom stereocenters. The van der Waals surface area contributed by atoms with E-state index in [-0.39, 0.29) is 18.2 Å². The molecule has 1 aliphatic rings. The maximum absolute atomic E-state index is 13.9. The first kappa shape index (κ1) is 31.2. The Morgan fingerprint density at radius 1 is 0.977 bits per heavy atom. The Morgan fingerprint density at radius 3 is 2.35 bits per heavy atom. The Bertz CT molecular complexity index is 1530. The molecule has 0 bridgehead atoms. The number of carbonyl (C=O) groups is 3. The van der Waals surface area contributed by atoms with Crippen molar-refractivity contribution in [3.63, 3.8) is 0 Å². The van der Waals surface area contributed by atoms with Crippen LogP contribution in [0.15, 0.2) is 77.8 Å². The van der Waals surface area contributed by atoms with E-state index in [0.29, 0.717) is 25.1 Å². The third kappa shape index (κ3) is 8.40. The fraction of sp³-hybridized carbons (Fsp3) is 0.353. The van der Waals surface area contributed by atoms with Gasteiger partial charge in [0, 0.05) is 23.2 Å². The molecule has 0 fully saturated rings. The van der Waals surface area contributed by atoms with Gasteiger partial charge in [-0.1, -0.05) is 60.7 Å². The maximum Gasteiger partial charge on any atom is 0.408 e. The number of para-hydroxylation sites is 2. The van der Waals surface area contributed by atoms with E-state index in [2.05, 4.69) is 15.6 Å². The molecule has 224 valence electrons. The second-order valence-corrected chi connectivity index (χ2v) is 12.3. The largest absolute Gasteiger partial charge is 0.444 e. The predicted molar refractivity (Wildman–Crippen MR) is 166 cm³/mol. The van der Waals surface area contributed by atoms with Crippen molar-refractivity contribution in [2.24, 2.45) is 4.99 Å². The van der Waals surface area contributed by atoms with Gasteiger partial charge in [0.1, 0.15) is 11.6 Å². The fourth-order valence-electron chi connectivity index (χ4n) is 5.12. The lowest BCUT2D eigenvalue weighted by atomic mass is 9.99. The van der Waals surface area contributed by atoms with Gasteiger partial charge in [0.2, 0.25) is 17.9 Å². The minimum absolute atomic E-state index is 0.0277. The lowest BCUT2D eigenvalue weighted by Gasteiger charge is -2.29. The molecule has 0 aliphatic carbocycles. The van der Waals surface area contributed by atoms with Gasteiger partial charge in [-0.15, -0.1) is 0 Å². The number of alkyl carbamates (subject to hydrolysis) is 1. The van der Waals surface area contributed by atoms with Crippen molar-refractivity contribution in [1.29, 1.82) is 0 Å². The third-order valence-corrected chi connectivity index (χ3v) is 7.00. The molecule has 0 radical (unpaired) electrons. The van der Waals surface area contributed by atoms with Gasteiger partial charge < -0.3 is 20.3 Å². The van der Waals surface area contributed by atoms with Crippen LogP contribution in [0.3, 0.4) is 0 Å². The molecule has 3 aromatic carbocycles. The first-order valence-electron chi connectivity index (χ1n) is 14.3. The lowest BCUT2D eigenvalue weighted by Crippen LogP contribution is -2.52. The molecule has 3 aromatic rings. The summed E-state index contributed by atoms with van der Waals surface area (Å²) in [6.07, 6.45) is 2.04. The normalized spacial score (nSPS) is 15.0. The van der Waals surface area contributed by atoms with Crippen molar-refractivity contribution in [2.45, 2.75) is 77.6 Å². The zero-order chi connectivity index (χ0) is 31.2. The number of nitrogens with zero attached hydrogens (tertiary/aromatic N) is 2. The topological polar surface area (TPSA) is 117 Å². The summed E-state index contributed by atoms with van der Waals surface area (Å²) in [6, 6.07) is 22.1. The fourth-order valence-corrected chi connectivity index (χ4v) is 5.12. The Labute approximate surface area is 252 Å². The summed E-state index contributed by atoms with van der Waals surface area (Å²) in [5, 5.41) is 5.67. The number of isocyanates is 1. The van der Waals surface area contributed by atoms with Crippen molar-refractivity contribution in [3.8, 4) is 11.1 Å². The monoisotopic (exact) mass is 582 g/mol. The summed E-state index contributed by atoms with van der Waals surface area (Å²) in [6.45, 7) is 9.09. The van der Waals surface area contributed by atoms with Crippen molar-refractivity contribution in [2.75, 3.05) is 4.90 Å². The molecular weight excluding hydrogens is 544 g/mol. The number of rotatable bonds is 8. The van der Waals surface area contributed by atoms with Crippen LogP contribution in [-0.2, 0) is 32.1 Å². The molecule has 1 atom stereocenters. The molecule has 2 N–H and O–H groups in total. The van der Waals surface area contributed by atoms with Crippen molar-refractivity contribution < 1.29 is 23.9 Å². The highest BCUT2D eigenvalue weighted by atomic mass is 16.6. The van der Waals surface area contributed by atoms with Crippen molar-refractivity contribution >= 4 is 35.4 Å². The highest BCUT2D eigenvalue weighted by molar-refractivity contribution is 6.00. The second-order valence-electron chi connectivity index (χ2n) is 12.3.